The lowest BCUT2D eigenvalue weighted by molar-refractivity contribution is 0.0547. The van der Waals surface area contributed by atoms with E-state index in [0.29, 0.717) is 6.42 Å². The van der Waals surface area contributed by atoms with Crippen LogP contribution < -0.4 is 0 Å². The fraction of sp³-hybridized carbons (Fsp3) is 0.517. The second kappa shape index (κ2) is 8.62. The van der Waals surface area contributed by atoms with Gasteiger partial charge in [0, 0.05) is 0 Å². The molecule has 2 aromatic rings. The summed E-state index contributed by atoms with van der Waals surface area (Å²) in [7, 11) is 0. The molecule has 2 heterocycles. The average Bonchev–Trinajstić information content (AvgIpc) is 3.62. The Morgan fingerprint density at radius 1 is 0.606 bits per heavy atom. The van der Waals surface area contributed by atoms with Gasteiger partial charge in [-0.25, -0.2) is 9.98 Å². The van der Waals surface area contributed by atoms with Crippen molar-refractivity contribution >= 4 is 11.8 Å². The molecule has 4 nitrogen and oxygen atoms in total. The first-order valence-electron chi connectivity index (χ1n) is 12.8. The van der Waals surface area contributed by atoms with Crippen LogP contribution in [0.25, 0.3) is 0 Å². The van der Waals surface area contributed by atoms with Gasteiger partial charge < -0.3 is 9.47 Å². The predicted octanol–water partition coefficient (Wildman–Crippen LogP) is 6.08. The first-order valence-corrected chi connectivity index (χ1v) is 12.8. The molecule has 2 aromatic carbocycles. The summed E-state index contributed by atoms with van der Waals surface area (Å²) in [5.74, 6) is 1.68. The molecule has 0 N–H and O–H groups in total. The highest BCUT2D eigenvalue weighted by molar-refractivity contribution is 5.99. The lowest BCUT2D eigenvalue weighted by atomic mass is 9.88. The Bertz CT molecular complexity index is 935. The van der Waals surface area contributed by atoms with Gasteiger partial charge in [0.1, 0.15) is 11.2 Å². The third-order valence-corrected chi connectivity index (χ3v) is 8.20. The summed E-state index contributed by atoms with van der Waals surface area (Å²) >= 11 is 0. The molecule has 4 heteroatoms. The van der Waals surface area contributed by atoms with Crippen LogP contribution >= 0.6 is 0 Å². The van der Waals surface area contributed by atoms with Crippen molar-refractivity contribution in [3.63, 3.8) is 0 Å². The maximum absolute atomic E-state index is 6.65. The van der Waals surface area contributed by atoms with Crippen LogP contribution in [0.1, 0.15) is 68.9 Å². The monoisotopic (exact) mass is 442 g/mol. The molecule has 33 heavy (non-hydrogen) atoms. The van der Waals surface area contributed by atoms with Crippen LogP contribution in [0.15, 0.2) is 70.6 Å². The molecule has 2 saturated carbocycles. The summed E-state index contributed by atoms with van der Waals surface area (Å²) in [6.07, 6.45) is 11.8. The second-order valence-electron chi connectivity index (χ2n) is 10.4. The van der Waals surface area contributed by atoms with Gasteiger partial charge in [0.05, 0.1) is 18.5 Å². The Labute approximate surface area is 197 Å². The highest BCUT2D eigenvalue weighted by atomic mass is 16.5. The Morgan fingerprint density at radius 2 is 1.00 bits per heavy atom. The maximum Gasteiger partial charge on any atom is 0.193 e. The summed E-state index contributed by atoms with van der Waals surface area (Å²) in [6.45, 7) is 0. The highest BCUT2D eigenvalue weighted by Crippen LogP contribution is 2.45. The van der Waals surface area contributed by atoms with E-state index in [9.17, 15) is 0 Å². The molecule has 4 aliphatic rings. The van der Waals surface area contributed by atoms with Crippen LogP contribution in [0, 0.1) is 0 Å². The number of nitrogens with zero attached hydrogens (tertiary/aromatic N) is 2. The SMILES string of the molecule is c1ccc(C[C@H]2N=C(CC3=N[C@H](Cc4ccccc4)C4(CCCC4)O3)OC23CCCC3)cc1. The summed E-state index contributed by atoms with van der Waals surface area (Å²) in [6, 6.07) is 21.8. The number of hydrogen-bond donors (Lipinski definition) is 0. The van der Waals surface area contributed by atoms with Gasteiger partial charge >= 0.3 is 0 Å². The van der Waals surface area contributed by atoms with E-state index in [-0.39, 0.29) is 23.3 Å². The van der Waals surface area contributed by atoms with Crippen molar-refractivity contribution in [2.45, 2.75) is 93.9 Å². The lowest BCUT2D eigenvalue weighted by Crippen LogP contribution is -2.39. The third-order valence-electron chi connectivity index (χ3n) is 8.20. The first kappa shape index (κ1) is 20.9. The average molecular weight is 443 g/mol. The van der Waals surface area contributed by atoms with Crippen LogP contribution in [-0.2, 0) is 22.3 Å². The minimum absolute atomic E-state index is 0.126. The number of aliphatic imine (C=N–C) groups is 2. The van der Waals surface area contributed by atoms with E-state index in [0.717, 1.165) is 50.3 Å². The van der Waals surface area contributed by atoms with Gasteiger partial charge in [-0.15, -0.1) is 0 Å². The van der Waals surface area contributed by atoms with Crippen molar-refractivity contribution in [3.05, 3.63) is 71.8 Å². The molecule has 172 valence electrons. The van der Waals surface area contributed by atoms with E-state index in [2.05, 4.69) is 60.7 Å². The zero-order chi connectivity index (χ0) is 22.1. The smallest absolute Gasteiger partial charge is 0.193 e. The molecule has 2 aliphatic carbocycles. The zero-order valence-electron chi connectivity index (χ0n) is 19.4. The molecule has 0 unspecified atom stereocenters. The van der Waals surface area contributed by atoms with Crippen molar-refractivity contribution in [1.29, 1.82) is 0 Å². The molecule has 0 saturated heterocycles. The highest BCUT2D eigenvalue weighted by Gasteiger charge is 2.51. The molecule has 0 bridgehead atoms. The molecule has 6 rings (SSSR count). The number of ether oxygens (including phenoxy) is 2. The lowest BCUT2D eigenvalue weighted by Gasteiger charge is -2.30. The molecular formula is C29H34N2O2. The van der Waals surface area contributed by atoms with Crippen molar-refractivity contribution < 1.29 is 9.47 Å². The number of hydrogen-bond acceptors (Lipinski definition) is 4. The van der Waals surface area contributed by atoms with Gasteiger partial charge in [-0.3, -0.25) is 0 Å². The van der Waals surface area contributed by atoms with Gasteiger partial charge in [0.2, 0.25) is 0 Å². The van der Waals surface area contributed by atoms with Crippen molar-refractivity contribution in [3.8, 4) is 0 Å². The fourth-order valence-electron chi connectivity index (χ4n) is 6.49. The van der Waals surface area contributed by atoms with Gasteiger partial charge in [0.15, 0.2) is 11.8 Å². The number of rotatable bonds is 6. The molecule has 0 amide bonds. The van der Waals surface area contributed by atoms with E-state index in [4.69, 9.17) is 19.5 Å². The van der Waals surface area contributed by atoms with Crippen LogP contribution in [0.3, 0.4) is 0 Å². The van der Waals surface area contributed by atoms with Crippen molar-refractivity contribution in [2.75, 3.05) is 0 Å². The van der Waals surface area contributed by atoms with Gasteiger partial charge in [-0.1, -0.05) is 60.7 Å². The van der Waals surface area contributed by atoms with E-state index >= 15 is 0 Å². The minimum Gasteiger partial charge on any atom is -0.472 e. The molecule has 2 atom stereocenters. The quantitative estimate of drug-likeness (QED) is 0.544. The topological polar surface area (TPSA) is 43.2 Å². The summed E-state index contributed by atoms with van der Waals surface area (Å²) in [4.78, 5) is 10.3. The Morgan fingerprint density at radius 3 is 1.39 bits per heavy atom. The van der Waals surface area contributed by atoms with Gasteiger partial charge in [-0.2, -0.15) is 0 Å². The van der Waals surface area contributed by atoms with E-state index in [1.807, 2.05) is 0 Å². The summed E-state index contributed by atoms with van der Waals surface area (Å²) in [5.41, 5.74) is 2.42. The van der Waals surface area contributed by atoms with Crippen molar-refractivity contribution in [2.24, 2.45) is 9.98 Å². The molecule has 2 aliphatic heterocycles. The normalized spacial score (nSPS) is 26.9. The summed E-state index contributed by atoms with van der Waals surface area (Å²) < 4.78 is 13.3. The van der Waals surface area contributed by atoms with Gasteiger partial charge in [0.25, 0.3) is 0 Å². The van der Waals surface area contributed by atoms with Crippen LogP contribution in [0.2, 0.25) is 0 Å². The standard InChI is InChI=1S/C29H34N2O2/c1-3-11-22(12-4-1)19-24-28(15-7-8-16-28)32-26(30-24)21-27-31-25(20-23-13-5-2-6-14-23)29(33-27)17-9-10-18-29/h1-6,11-14,24-25H,7-10,15-21H2/t24-,25-/m1/s1. The molecule has 2 spiro atoms. The third kappa shape index (κ3) is 4.09. The summed E-state index contributed by atoms with van der Waals surface area (Å²) in [5, 5.41) is 0. The maximum atomic E-state index is 6.65. The Hall–Kier alpha value is -2.62. The van der Waals surface area contributed by atoms with Crippen molar-refractivity contribution in [1.82, 2.24) is 0 Å². The van der Waals surface area contributed by atoms with Crippen LogP contribution in [-0.4, -0.2) is 35.1 Å². The van der Waals surface area contributed by atoms with E-state index in [1.54, 1.807) is 0 Å². The zero-order valence-corrected chi connectivity index (χ0v) is 19.4. The molecule has 0 radical (unpaired) electrons. The fourth-order valence-corrected chi connectivity index (χ4v) is 6.49. The predicted molar refractivity (Wildman–Crippen MR) is 132 cm³/mol. The van der Waals surface area contributed by atoms with Gasteiger partial charge in [-0.05, 0) is 75.3 Å². The largest absolute Gasteiger partial charge is 0.472 e. The van der Waals surface area contributed by atoms with Crippen LogP contribution in [0.5, 0.6) is 0 Å². The molecule has 2 fully saturated rings. The second-order valence-corrected chi connectivity index (χ2v) is 10.4. The minimum atomic E-state index is -0.126. The Balaban J connectivity index is 1.21. The van der Waals surface area contributed by atoms with E-state index < -0.39 is 0 Å². The van der Waals surface area contributed by atoms with E-state index in [1.165, 1.54) is 36.8 Å². The number of benzene rings is 2. The molecule has 0 aromatic heterocycles. The molecular weight excluding hydrogens is 408 g/mol. The first-order chi connectivity index (χ1) is 16.2. The Kier molecular flexibility index (Phi) is 5.48. The van der Waals surface area contributed by atoms with Crippen LogP contribution in [0.4, 0.5) is 0 Å².